The van der Waals surface area contributed by atoms with Crippen LogP contribution in [0.2, 0.25) is 5.15 Å². The van der Waals surface area contributed by atoms with Crippen molar-refractivity contribution in [2.75, 3.05) is 6.54 Å². The molecule has 36 heavy (non-hydrogen) atoms. The molecule has 2 aliphatic rings. The monoisotopic (exact) mass is 512 g/mol. The Kier molecular flexibility index (Phi) is 6.47. The standard InChI is InChI=1S/C27H33ClN4O4/c1-26(2,3)36-25(33)29-11-9-16-7-6-8-17(13-16)19-14-20(22-21(19)34-27(4,5)35-22)32-12-10-18-23(28)30-15-31-24(18)32/h6-8,10,12-13,15,19-22H,9,11,14H2,1-5H3,(H,29,33)/t19-,20-,21-,22+/m1/s1. The van der Waals surface area contributed by atoms with Gasteiger partial charge >= 0.3 is 6.09 Å². The minimum atomic E-state index is -0.670. The lowest BCUT2D eigenvalue weighted by atomic mass is 9.93. The predicted octanol–water partition coefficient (Wildman–Crippen LogP) is 5.40. The molecule has 1 aromatic carbocycles. The van der Waals surface area contributed by atoms with Gasteiger partial charge in [-0.3, -0.25) is 0 Å². The third-order valence-electron chi connectivity index (χ3n) is 6.71. The predicted molar refractivity (Wildman–Crippen MR) is 137 cm³/mol. The molecule has 8 nitrogen and oxygen atoms in total. The zero-order chi connectivity index (χ0) is 25.7. The van der Waals surface area contributed by atoms with E-state index >= 15 is 0 Å². The lowest BCUT2D eigenvalue weighted by Gasteiger charge is -2.25. The number of carbonyl (C=O) groups is 1. The molecule has 0 unspecified atom stereocenters. The van der Waals surface area contributed by atoms with Gasteiger partial charge in [0.25, 0.3) is 0 Å². The van der Waals surface area contributed by atoms with E-state index in [4.69, 9.17) is 25.8 Å². The van der Waals surface area contributed by atoms with Crippen molar-refractivity contribution in [2.45, 2.75) is 83.0 Å². The van der Waals surface area contributed by atoms with Crippen molar-refractivity contribution < 1.29 is 19.0 Å². The summed E-state index contributed by atoms with van der Waals surface area (Å²) in [7, 11) is 0. The van der Waals surface area contributed by atoms with Crippen molar-refractivity contribution in [3.63, 3.8) is 0 Å². The largest absolute Gasteiger partial charge is 0.444 e. The number of halogens is 1. The second-order valence-electron chi connectivity index (χ2n) is 11.0. The van der Waals surface area contributed by atoms with Crippen LogP contribution in [-0.4, -0.2) is 50.8 Å². The Hall–Kier alpha value is -2.68. The van der Waals surface area contributed by atoms with Crippen molar-refractivity contribution in [1.29, 1.82) is 0 Å². The molecule has 1 aliphatic heterocycles. The fourth-order valence-electron chi connectivity index (χ4n) is 5.36. The Labute approximate surface area is 216 Å². The quantitative estimate of drug-likeness (QED) is 0.460. The summed E-state index contributed by atoms with van der Waals surface area (Å²) in [5, 5.41) is 4.12. The summed E-state index contributed by atoms with van der Waals surface area (Å²) in [6.07, 6.45) is 4.45. The summed E-state index contributed by atoms with van der Waals surface area (Å²) >= 11 is 6.31. The van der Waals surface area contributed by atoms with Crippen LogP contribution >= 0.6 is 11.6 Å². The van der Waals surface area contributed by atoms with Crippen LogP contribution in [0.4, 0.5) is 4.79 Å². The number of aromatic nitrogens is 3. The van der Waals surface area contributed by atoms with Crippen molar-refractivity contribution in [2.24, 2.45) is 0 Å². The van der Waals surface area contributed by atoms with Crippen LogP contribution in [0.3, 0.4) is 0 Å². The number of nitrogens with one attached hydrogen (secondary N) is 1. The fraction of sp³-hybridized carbons (Fsp3) is 0.519. The van der Waals surface area contributed by atoms with Crippen LogP contribution in [0.1, 0.15) is 64.1 Å². The second-order valence-corrected chi connectivity index (χ2v) is 11.4. The molecule has 1 aliphatic carbocycles. The third kappa shape index (κ3) is 5.08. The van der Waals surface area contributed by atoms with Gasteiger partial charge in [0.2, 0.25) is 0 Å². The first-order chi connectivity index (χ1) is 17.0. The molecule has 1 N–H and O–H groups in total. The first-order valence-electron chi connectivity index (χ1n) is 12.4. The average Bonchev–Trinajstić information content (AvgIpc) is 3.44. The highest BCUT2D eigenvalue weighted by atomic mass is 35.5. The molecule has 9 heteroatoms. The topological polar surface area (TPSA) is 87.5 Å². The first-order valence-corrected chi connectivity index (χ1v) is 12.8. The molecule has 4 atom stereocenters. The van der Waals surface area contributed by atoms with Crippen molar-refractivity contribution in [3.05, 3.63) is 59.1 Å². The van der Waals surface area contributed by atoms with Gasteiger partial charge in [0.1, 0.15) is 28.8 Å². The molecular weight excluding hydrogens is 480 g/mol. The van der Waals surface area contributed by atoms with Crippen LogP contribution in [0.5, 0.6) is 0 Å². The number of hydrogen-bond donors (Lipinski definition) is 1. The van der Waals surface area contributed by atoms with E-state index in [0.717, 1.165) is 23.0 Å². The summed E-state index contributed by atoms with van der Waals surface area (Å²) < 4.78 is 20.3. The first kappa shape index (κ1) is 25.0. The van der Waals surface area contributed by atoms with E-state index in [-0.39, 0.29) is 24.2 Å². The summed E-state index contributed by atoms with van der Waals surface area (Å²) in [4.78, 5) is 20.6. The minimum absolute atomic E-state index is 0.0442. The number of benzene rings is 1. The number of carbonyl (C=O) groups excluding carboxylic acids is 1. The molecule has 0 bridgehead atoms. The Balaban J connectivity index is 1.36. The summed E-state index contributed by atoms with van der Waals surface area (Å²) in [6, 6.07) is 10.5. The Morgan fingerprint density at radius 2 is 2.00 bits per heavy atom. The van der Waals surface area contributed by atoms with Crippen molar-refractivity contribution >= 4 is 28.7 Å². The summed E-state index contributed by atoms with van der Waals surface area (Å²) in [5.74, 6) is -0.521. The molecule has 0 radical (unpaired) electrons. The molecule has 2 aromatic heterocycles. The molecule has 3 heterocycles. The summed E-state index contributed by atoms with van der Waals surface area (Å²) in [5.41, 5.74) is 2.63. The van der Waals surface area contributed by atoms with E-state index in [0.29, 0.717) is 18.1 Å². The molecule has 2 fully saturated rings. The van der Waals surface area contributed by atoms with Gasteiger partial charge in [-0.2, -0.15) is 0 Å². The maximum atomic E-state index is 12.0. The smallest absolute Gasteiger partial charge is 0.407 e. The zero-order valence-corrected chi connectivity index (χ0v) is 22.1. The van der Waals surface area contributed by atoms with E-state index in [1.807, 2.05) is 46.9 Å². The fourth-order valence-corrected chi connectivity index (χ4v) is 5.55. The average molecular weight is 513 g/mol. The normalized spacial score (nSPS) is 25.2. The highest BCUT2D eigenvalue weighted by Crippen LogP contribution is 2.51. The van der Waals surface area contributed by atoms with Gasteiger partial charge in [0, 0.05) is 18.7 Å². The number of hydrogen-bond acceptors (Lipinski definition) is 6. The van der Waals surface area contributed by atoms with E-state index in [1.54, 1.807) is 0 Å². The van der Waals surface area contributed by atoms with E-state index in [1.165, 1.54) is 11.9 Å². The van der Waals surface area contributed by atoms with Gasteiger partial charge in [-0.1, -0.05) is 35.9 Å². The van der Waals surface area contributed by atoms with Crippen LogP contribution < -0.4 is 5.32 Å². The maximum absolute atomic E-state index is 12.0. The molecular formula is C27H33ClN4O4. The molecule has 192 valence electrons. The van der Waals surface area contributed by atoms with Gasteiger partial charge in [0.05, 0.1) is 17.5 Å². The molecule has 3 aromatic rings. The Morgan fingerprint density at radius 1 is 1.22 bits per heavy atom. The number of alkyl carbamates (subject to hydrolysis) is 1. The molecule has 1 saturated carbocycles. The van der Waals surface area contributed by atoms with Crippen LogP contribution in [0, 0.1) is 0 Å². The lowest BCUT2D eigenvalue weighted by Crippen LogP contribution is -2.33. The number of ether oxygens (including phenoxy) is 3. The van der Waals surface area contributed by atoms with Crippen LogP contribution in [0.15, 0.2) is 42.9 Å². The van der Waals surface area contributed by atoms with Gasteiger partial charge in [-0.15, -0.1) is 0 Å². The minimum Gasteiger partial charge on any atom is -0.444 e. The van der Waals surface area contributed by atoms with Gasteiger partial charge in [0.15, 0.2) is 5.79 Å². The number of fused-ring (bicyclic) bond motifs is 2. The molecule has 0 spiro atoms. The van der Waals surface area contributed by atoms with E-state index in [2.05, 4.69) is 44.1 Å². The van der Waals surface area contributed by atoms with Crippen LogP contribution in [0.25, 0.3) is 11.0 Å². The number of rotatable bonds is 5. The summed E-state index contributed by atoms with van der Waals surface area (Å²) in [6.45, 7) is 9.99. The lowest BCUT2D eigenvalue weighted by molar-refractivity contribution is -0.157. The van der Waals surface area contributed by atoms with E-state index in [9.17, 15) is 4.79 Å². The Bertz CT molecular complexity index is 1270. The number of nitrogens with zero attached hydrogens (tertiary/aromatic N) is 3. The van der Waals surface area contributed by atoms with Gasteiger partial charge < -0.3 is 24.1 Å². The molecule has 1 amide bonds. The second kappa shape index (κ2) is 9.32. The maximum Gasteiger partial charge on any atom is 0.407 e. The van der Waals surface area contributed by atoms with Crippen molar-refractivity contribution in [1.82, 2.24) is 19.9 Å². The SMILES string of the molecule is CC(C)(C)OC(=O)NCCc1cccc([C@H]2C[C@@H](n3ccc4c(Cl)ncnc43)[C@@H]3OC(C)(C)O[C@@H]32)c1. The van der Waals surface area contributed by atoms with Crippen LogP contribution in [-0.2, 0) is 20.6 Å². The van der Waals surface area contributed by atoms with Crippen molar-refractivity contribution in [3.8, 4) is 0 Å². The van der Waals surface area contributed by atoms with Gasteiger partial charge in [-0.25, -0.2) is 14.8 Å². The third-order valence-corrected chi connectivity index (χ3v) is 7.02. The highest BCUT2D eigenvalue weighted by molar-refractivity contribution is 6.33. The highest BCUT2D eigenvalue weighted by Gasteiger charge is 2.55. The Morgan fingerprint density at radius 3 is 2.78 bits per heavy atom. The molecule has 1 saturated heterocycles. The molecule has 5 rings (SSSR count). The number of amides is 1. The van der Waals surface area contributed by atoms with E-state index < -0.39 is 17.5 Å². The zero-order valence-electron chi connectivity index (χ0n) is 21.3. The van der Waals surface area contributed by atoms with Gasteiger partial charge in [-0.05, 0) is 64.7 Å².